The van der Waals surface area contributed by atoms with Gasteiger partial charge in [0.2, 0.25) is 0 Å². The molecule has 0 spiro atoms. The van der Waals surface area contributed by atoms with E-state index in [-0.39, 0.29) is 0 Å². The molecule has 0 atom stereocenters. The predicted octanol–water partition coefficient (Wildman–Crippen LogP) is 16.4. The van der Waals surface area contributed by atoms with Crippen molar-refractivity contribution < 1.29 is 4.42 Å². The minimum atomic E-state index is -2.20. The van der Waals surface area contributed by atoms with Gasteiger partial charge >= 0.3 is 0 Å². The van der Waals surface area contributed by atoms with Crippen LogP contribution in [0.1, 0.15) is 0 Å². The lowest BCUT2D eigenvalue weighted by Crippen LogP contribution is -2.56. The summed E-state index contributed by atoms with van der Waals surface area (Å²) in [6.07, 6.45) is 0. The third-order valence-electron chi connectivity index (χ3n) is 14.2. The van der Waals surface area contributed by atoms with Crippen molar-refractivity contribution in [2.45, 2.75) is 32.7 Å². The van der Waals surface area contributed by atoms with E-state index >= 15 is 0 Å². The third-order valence-corrected chi connectivity index (χ3v) is 19.8. The summed E-state index contributed by atoms with van der Waals surface area (Å²) in [5, 5.41) is 9.34. The van der Waals surface area contributed by atoms with E-state index in [0.717, 1.165) is 55.8 Å². The zero-order chi connectivity index (χ0) is 46.1. The number of nitrogens with zero attached hydrogens (tertiary/aromatic N) is 2. The Morgan fingerprint density at radius 1 is 0.382 bits per heavy atom. The smallest absolute Gasteiger partial charge is 0.159 e. The Morgan fingerprint density at radius 2 is 0.941 bits per heavy atom. The number of furan rings is 1. The second-order valence-electron chi connectivity index (χ2n) is 19.7. The van der Waals surface area contributed by atoms with Gasteiger partial charge in [0, 0.05) is 39.1 Å². The molecule has 12 rings (SSSR count). The van der Waals surface area contributed by atoms with Crippen molar-refractivity contribution in [1.82, 2.24) is 0 Å². The maximum Gasteiger partial charge on any atom is 0.159 e. The fourth-order valence-electron chi connectivity index (χ4n) is 10.7. The van der Waals surface area contributed by atoms with E-state index < -0.39 is 16.1 Å². The van der Waals surface area contributed by atoms with Crippen LogP contribution < -0.4 is 25.4 Å². The highest BCUT2D eigenvalue weighted by atomic mass is 28.3. The van der Waals surface area contributed by atoms with E-state index in [4.69, 9.17) is 4.42 Å². The average molecular weight is 909 g/mol. The van der Waals surface area contributed by atoms with E-state index in [1.54, 1.807) is 0 Å². The molecule has 0 N–H and O–H groups in total. The number of fused-ring (bicyclic) bond motifs is 5. The molecule has 5 heteroatoms. The number of anilines is 6. The Morgan fingerprint density at radius 3 is 1.72 bits per heavy atom. The van der Waals surface area contributed by atoms with Crippen LogP contribution >= 0.6 is 0 Å². The fourth-order valence-corrected chi connectivity index (χ4v) is 15.0. The largest absolute Gasteiger partial charge is 0.454 e. The van der Waals surface area contributed by atoms with Crippen LogP contribution in [-0.4, -0.2) is 16.1 Å². The van der Waals surface area contributed by atoms with E-state index in [9.17, 15) is 0 Å². The normalized spacial score (nSPS) is 12.9. The van der Waals surface area contributed by atoms with Crippen LogP contribution in [0.2, 0.25) is 32.7 Å². The topological polar surface area (TPSA) is 19.6 Å². The molecule has 1 aromatic heterocycles. The van der Waals surface area contributed by atoms with Gasteiger partial charge in [-0.3, -0.25) is 0 Å². The van der Waals surface area contributed by atoms with Crippen LogP contribution in [0.15, 0.2) is 229 Å². The van der Waals surface area contributed by atoms with Gasteiger partial charge in [-0.2, -0.15) is 0 Å². The van der Waals surface area contributed by atoms with Crippen molar-refractivity contribution in [2.75, 3.05) is 9.80 Å². The first kappa shape index (κ1) is 41.7. The molecule has 0 saturated carbocycles. The molecule has 0 bridgehead atoms. The van der Waals surface area contributed by atoms with Crippen LogP contribution in [0, 0.1) is 0 Å². The maximum absolute atomic E-state index is 6.71. The van der Waals surface area contributed by atoms with Crippen LogP contribution in [0.25, 0.3) is 66.1 Å². The zero-order valence-corrected chi connectivity index (χ0v) is 41.2. The van der Waals surface area contributed by atoms with Crippen LogP contribution in [0.3, 0.4) is 0 Å². The van der Waals surface area contributed by atoms with Gasteiger partial charge in [-0.1, -0.05) is 196 Å². The Bertz CT molecular complexity index is 3680. The molecular weight excluding hydrogens is 857 g/mol. The van der Waals surface area contributed by atoms with Gasteiger partial charge < -0.3 is 14.2 Å². The first-order valence-corrected chi connectivity index (χ1v) is 30.3. The van der Waals surface area contributed by atoms with Gasteiger partial charge in [0.25, 0.3) is 0 Å². The summed E-state index contributed by atoms with van der Waals surface area (Å²) >= 11 is 0. The van der Waals surface area contributed by atoms with Crippen LogP contribution in [0.4, 0.5) is 34.1 Å². The second-order valence-corrected chi connectivity index (χ2v) is 29.1. The van der Waals surface area contributed by atoms with E-state index in [0.29, 0.717) is 0 Å². The second kappa shape index (κ2) is 16.3. The molecule has 1 aliphatic rings. The summed E-state index contributed by atoms with van der Waals surface area (Å²) in [4.78, 5) is 4.80. The standard InChI is InChI=1S/C63H52N2OSi2/c1-67(2,3)49-37-34-46(35-38-49)64(45-20-10-7-11-21-45)48-36-39-53-55-41-40-50(54-24-17-29-60(62(54)55)68(4,5)61(53)42-48)44-30-32-47(33-31-44)65(57-26-14-12-22-51(57)43-18-8-6-9-19-43)58-27-16-25-56-52-23-13-15-28-59(52)66-63(56)58/h6-42H,1-5H3. The summed E-state index contributed by atoms with van der Waals surface area (Å²) in [7, 11) is -3.65. The van der Waals surface area contributed by atoms with Gasteiger partial charge in [-0.15, -0.1) is 0 Å². The highest BCUT2D eigenvalue weighted by Crippen LogP contribution is 2.47. The fraction of sp³-hybridized carbons (Fsp3) is 0.0794. The molecule has 11 aromatic rings. The molecule has 10 aromatic carbocycles. The van der Waals surface area contributed by atoms with Crippen molar-refractivity contribution in [3.63, 3.8) is 0 Å². The van der Waals surface area contributed by atoms with Crippen molar-refractivity contribution in [3.05, 3.63) is 224 Å². The van der Waals surface area contributed by atoms with Gasteiger partial charge in [0.15, 0.2) is 5.58 Å². The Labute approximate surface area is 401 Å². The van der Waals surface area contributed by atoms with E-state index in [1.807, 2.05) is 6.07 Å². The Balaban J connectivity index is 0.968. The number of rotatable bonds is 9. The van der Waals surface area contributed by atoms with Gasteiger partial charge in [0.05, 0.1) is 19.4 Å². The quantitative estimate of drug-likeness (QED) is 0.135. The highest BCUT2D eigenvalue weighted by molar-refractivity contribution is 7.03. The lowest BCUT2D eigenvalue weighted by Gasteiger charge is -2.35. The first-order chi connectivity index (χ1) is 33.1. The minimum absolute atomic E-state index is 0.868. The molecule has 3 nitrogen and oxygen atoms in total. The number of benzene rings is 10. The van der Waals surface area contributed by atoms with Crippen LogP contribution in [0.5, 0.6) is 0 Å². The molecule has 2 heterocycles. The molecule has 68 heavy (non-hydrogen) atoms. The number of hydrogen-bond donors (Lipinski definition) is 0. The van der Waals surface area contributed by atoms with E-state index in [1.165, 1.54) is 60.0 Å². The van der Waals surface area contributed by atoms with Gasteiger partial charge in [0.1, 0.15) is 13.7 Å². The third kappa shape index (κ3) is 6.92. The van der Waals surface area contributed by atoms with Crippen molar-refractivity contribution in [2.24, 2.45) is 0 Å². The van der Waals surface area contributed by atoms with Crippen molar-refractivity contribution >= 4 is 98.5 Å². The molecule has 0 radical (unpaired) electrons. The molecule has 0 fully saturated rings. The minimum Gasteiger partial charge on any atom is -0.454 e. The number of hydrogen-bond acceptors (Lipinski definition) is 3. The molecule has 0 amide bonds. The Hall–Kier alpha value is -7.71. The van der Waals surface area contributed by atoms with Gasteiger partial charge in [-0.05, 0) is 116 Å². The summed E-state index contributed by atoms with van der Waals surface area (Å²) in [6, 6.07) is 82.5. The Kier molecular flexibility index (Phi) is 9.98. The molecule has 1 aliphatic heterocycles. The zero-order valence-electron chi connectivity index (χ0n) is 39.2. The predicted molar refractivity (Wildman–Crippen MR) is 297 cm³/mol. The van der Waals surface area contributed by atoms with Gasteiger partial charge in [-0.25, -0.2) is 0 Å². The van der Waals surface area contributed by atoms with Crippen LogP contribution in [-0.2, 0) is 0 Å². The summed E-state index contributed by atoms with van der Waals surface area (Å²) in [6.45, 7) is 12.3. The summed E-state index contributed by atoms with van der Waals surface area (Å²) in [5.41, 5.74) is 15.9. The highest BCUT2D eigenvalue weighted by Gasteiger charge is 2.36. The lowest BCUT2D eigenvalue weighted by atomic mass is 9.91. The van der Waals surface area contributed by atoms with E-state index in [2.05, 4.69) is 261 Å². The SMILES string of the molecule is C[Si](C)(C)c1ccc(N(c2ccccc2)c2ccc3c(c2)[Si](C)(C)c2cccc4c(-c5ccc(N(c6ccccc6-c6ccccc6)c6cccc7c6oc6ccccc67)cc5)ccc-3c24)cc1. The lowest BCUT2D eigenvalue weighted by molar-refractivity contribution is 0.669. The molecular formula is C63H52N2OSi2. The van der Waals surface area contributed by atoms with Crippen molar-refractivity contribution in [3.8, 4) is 33.4 Å². The molecule has 328 valence electrons. The molecule has 0 unspecified atom stereocenters. The summed E-state index contributed by atoms with van der Waals surface area (Å²) < 4.78 is 6.71. The summed E-state index contributed by atoms with van der Waals surface area (Å²) in [5.74, 6) is 0. The van der Waals surface area contributed by atoms with Crippen molar-refractivity contribution in [1.29, 1.82) is 0 Å². The first-order valence-electron chi connectivity index (χ1n) is 23.8. The molecule has 0 aliphatic carbocycles. The average Bonchev–Trinajstić information content (AvgIpc) is 3.76. The maximum atomic E-state index is 6.71. The molecule has 0 saturated heterocycles. The monoisotopic (exact) mass is 908 g/mol. The number of para-hydroxylation sites is 4.